The maximum atomic E-state index is 12.8. The maximum absolute atomic E-state index is 12.8. The highest BCUT2D eigenvalue weighted by atomic mass is 16.5. The van der Waals surface area contributed by atoms with Crippen LogP contribution in [0.25, 0.3) is 0 Å². The minimum atomic E-state index is -0.119. The van der Waals surface area contributed by atoms with E-state index in [9.17, 15) is 4.79 Å². The molecule has 144 valence electrons. The minimum absolute atomic E-state index is 0.0286. The van der Waals surface area contributed by atoms with E-state index in [-0.39, 0.29) is 12.1 Å². The van der Waals surface area contributed by atoms with Crippen molar-refractivity contribution in [3.8, 4) is 0 Å². The van der Waals surface area contributed by atoms with Crippen LogP contribution in [0.3, 0.4) is 0 Å². The number of benzene rings is 2. The zero-order chi connectivity index (χ0) is 19.1. The molecule has 1 fully saturated rings. The number of anilines is 2. The molecule has 1 atom stereocenters. The summed E-state index contributed by atoms with van der Waals surface area (Å²) in [6.45, 7) is 2.67. The molecule has 2 aromatic carbocycles. The van der Waals surface area contributed by atoms with Crippen molar-refractivity contribution in [3.63, 3.8) is 0 Å². The van der Waals surface area contributed by atoms with Gasteiger partial charge in [-0.1, -0.05) is 36.4 Å². The molecule has 5 heteroatoms. The number of carbonyl (C=O) groups excluding carboxylic acids is 1. The van der Waals surface area contributed by atoms with E-state index in [1.54, 1.807) is 12.0 Å². The summed E-state index contributed by atoms with van der Waals surface area (Å²) in [5.41, 5.74) is 3.19. The summed E-state index contributed by atoms with van der Waals surface area (Å²) in [5.74, 6) is 0. The smallest absolute Gasteiger partial charge is 0.321 e. The van der Waals surface area contributed by atoms with Gasteiger partial charge < -0.3 is 19.9 Å². The van der Waals surface area contributed by atoms with Crippen molar-refractivity contribution in [1.82, 2.24) is 4.90 Å². The second kappa shape index (κ2) is 9.42. The number of likely N-dealkylation sites (N-methyl/N-ethyl adjacent to an activating group) is 1. The molecule has 1 saturated heterocycles. The van der Waals surface area contributed by atoms with Gasteiger partial charge in [-0.25, -0.2) is 4.79 Å². The third kappa shape index (κ3) is 5.23. The summed E-state index contributed by atoms with van der Waals surface area (Å²) < 4.78 is 5.36. The van der Waals surface area contributed by atoms with Crippen LogP contribution in [-0.4, -0.2) is 50.8 Å². The average molecular weight is 367 g/mol. The van der Waals surface area contributed by atoms with Gasteiger partial charge in [0.05, 0.1) is 12.6 Å². The molecular formula is C22H29N3O2. The van der Waals surface area contributed by atoms with Gasteiger partial charge >= 0.3 is 6.03 Å². The molecule has 1 aliphatic heterocycles. The van der Waals surface area contributed by atoms with Crippen LogP contribution < -0.4 is 10.2 Å². The fraction of sp³-hybridized carbons (Fsp3) is 0.409. The molecule has 3 rings (SSSR count). The molecule has 2 aromatic rings. The molecule has 0 aliphatic carbocycles. The summed E-state index contributed by atoms with van der Waals surface area (Å²) in [5, 5.41) is 3.03. The van der Waals surface area contributed by atoms with Crippen LogP contribution in [0, 0.1) is 0 Å². The third-order valence-corrected chi connectivity index (χ3v) is 5.11. The zero-order valence-electron chi connectivity index (χ0n) is 16.2. The number of ether oxygens (including phenoxy) is 1. The van der Waals surface area contributed by atoms with E-state index < -0.39 is 0 Å². The van der Waals surface area contributed by atoms with Gasteiger partial charge in [0.1, 0.15) is 0 Å². The van der Waals surface area contributed by atoms with Crippen LogP contribution >= 0.6 is 0 Å². The quantitative estimate of drug-likeness (QED) is 0.804. The number of urea groups is 1. The predicted octanol–water partition coefficient (Wildman–Crippen LogP) is 4.01. The highest BCUT2D eigenvalue weighted by Crippen LogP contribution is 2.23. The summed E-state index contributed by atoms with van der Waals surface area (Å²) in [4.78, 5) is 16.9. The number of amides is 2. The lowest BCUT2D eigenvalue weighted by molar-refractivity contribution is 0.120. The van der Waals surface area contributed by atoms with E-state index in [1.165, 1.54) is 24.1 Å². The first-order valence-corrected chi connectivity index (χ1v) is 9.59. The van der Waals surface area contributed by atoms with Gasteiger partial charge in [-0.2, -0.15) is 0 Å². The predicted molar refractivity (Wildman–Crippen MR) is 110 cm³/mol. The van der Waals surface area contributed by atoms with E-state index in [0.717, 1.165) is 25.2 Å². The van der Waals surface area contributed by atoms with Crippen LogP contribution in [0.15, 0.2) is 54.6 Å². The van der Waals surface area contributed by atoms with Crippen LogP contribution in [0.4, 0.5) is 16.2 Å². The number of nitrogens with zero attached hydrogens (tertiary/aromatic N) is 2. The Balaban J connectivity index is 1.65. The number of hydrogen-bond donors (Lipinski definition) is 1. The number of rotatable bonds is 7. The lowest BCUT2D eigenvalue weighted by Crippen LogP contribution is -2.43. The highest BCUT2D eigenvalue weighted by molar-refractivity contribution is 5.90. The molecule has 1 N–H and O–H groups in total. The molecule has 0 spiro atoms. The molecule has 0 radical (unpaired) electrons. The van der Waals surface area contributed by atoms with E-state index in [0.29, 0.717) is 6.61 Å². The third-order valence-electron chi connectivity index (χ3n) is 5.11. The lowest BCUT2D eigenvalue weighted by Gasteiger charge is -2.28. The summed E-state index contributed by atoms with van der Waals surface area (Å²) >= 11 is 0. The molecule has 27 heavy (non-hydrogen) atoms. The Morgan fingerprint density at radius 2 is 1.89 bits per heavy atom. The van der Waals surface area contributed by atoms with Gasteiger partial charge in [0.25, 0.3) is 0 Å². The Bertz CT molecular complexity index is 729. The Morgan fingerprint density at radius 1 is 1.15 bits per heavy atom. The molecule has 2 amide bonds. The van der Waals surface area contributed by atoms with Gasteiger partial charge in [0.15, 0.2) is 0 Å². The topological polar surface area (TPSA) is 44.8 Å². The number of nitrogens with one attached hydrogen (secondary N) is 1. The van der Waals surface area contributed by atoms with Crippen molar-refractivity contribution < 1.29 is 9.53 Å². The first kappa shape index (κ1) is 19.2. The Labute approximate surface area is 161 Å². The summed E-state index contributed by atoms with van der Waals surface area (Å²) in [7, 11) is 3.50. The van der Waals surface area contributed by atoms with E-state index in [2.05, 4.69) is 34.5 Å². The second-order valence-electron chi connectivity index (χ2n) is 7.08. The first-order chi connectivity index (χ1) is 13.2. The molecular weight excluding hydrogens is 338 g/mol. The standard InChI is InChI=1S/C22H29N3O2/c1-24(21(17-27-2)15-18-9-4-3-5-10-18)22(26)23-19-11-8-12-20(16-19)25-13-6-7-14-25/h3-5,8-12,16,21H,6-7,13-15,17H2,1-2H3,(H,23,26)/t21-/m0/s1. The summed E-state index contributed by atoms with van der Waals surface area (Å²) in [6.07, 6.45) is 3.22. The van der Waals surface area contributed by atoms with Gasteiger partial charge in [0.2, 0.25) is 0 Å². The van der Waals surface area contributed by atoms with Crippen molar-refractivity contribution in [2.75, 3.05) is 44.1 Å². The van der Waals surface area contributed by atoms with Crippen molar-refractivity contribution in [1.29, 1.82) is 0 Å². The van der Waals surface area contributed by atoms with Crippen LogP contribution in [0.2, 0.25) is 0 Å². The van der Waals surface area contributed by atoms with Gasteiger partial charge in [0, 0.05) is 38.6 Å². The Hall–Kier alpha value is -2.53. The molecule has 0 aromatic heterocycles. The van der Waals surface area contributed by atoms with Crippen molar-refractivity contribution in [2.45, 2.75) is 25.3 Å². The van der Waals surface area contributed by atoms with Crippen LogP contribution in [-0.2, 0) is 11.2 Å². The van der Waals surface area contributed by atoms with Crippen LogP contribution in [0.1, 0.15) is 18.4 Å². The van der Waals surface area contributed by atoms with Crippen molar-refractivity contribution >= 4 is 17.4 Å². The zero-order valence-corrected chi connectivity index (χ0v) is 16.2. The maximum Gasteiger partial charge on any atom is 0.321 e. The summed E-state index contributed by atoms with van der Waals surface area (Å²) in [6, 6.07) is 18.1. The van der Waals surface area contributed by atoms with E-state index in [4.69, 9.17) is 4.74 Å². The SMILES string of the molecule is COC[C@H](Cc1ccccc1)N(C)C(=O)Nc1cccc(N2CCCC2)c1. The monoisotopic (exact) mass is 367 g/mol. The Morgan fingerprint density at radius 3 is 2.59 bits per heavy atom. The average Bonchev–Trinajstić information content (AvgIpc) is 3.23. The van der Waals surface area contributed by atoms with Crippen molar-refractivity contribution in [3.05, 3.63) is 60.2 Å². The van der Waals surface area contributed by atoms with Gasteiger partial charge in [-0.05, 0) is 43.0 Å². The molecule has 1 aliphatic rings. The van der Waals surface area contributed by atoms with Crippen LogP contribution in [0.5, 0.6) is 0 Å². The fourth-order valence-electron chi connectivity index (χ4n) is 3.52. The number of hydrogen-bond acceptors (Lipinski definition) is 3. The van der Waals surface area contributed by atoms with E-state index >= 15 is 0 Å². The van der Waals surface area contributed by atoms with Gasteiger partial charge in [-0.3, -0.25) is 0 Å². The number of methoxy groups -OCH3 is 1. The molecule has 5 nitrogen and oxygen atoms in total. The minimum Gasteiger partial charge on any atom is -0.383 e. The van der Waals surface area contributed by atoms with Gasteiger partial charge in [-0.15, -0.1) is 0 Å². The molecule has 1 heterocycles. The molecule has 0 saturated carbocycles. The normalized spacial score (nSPS) is 14.8. The largest absolute Gasteiger partial charge is 0.383 e. The van der Waals surface area contributed by atoms with E-state index in [1.807, 2.05) is 37.4 Å². The second-order valence-corrected chi connectivity index (χ2v) is 7.08. The lowest BCUT2D eigenvalue weighted by atomic mass is 10.1. The highest BCUT2D eigenvalue weighted by Gasteiger charge is 2.21. The fourth-order valence-corrected chi connectivity index (χ4v) is 3.52. The Kier molecular flexibility index (Phi) is 6.71. The molecule has 0 bridgehead atoms. The van der Waals surface area contributed by atoms with Crippen molar-refractivity contribution in [2.24, 2.45) is 0 Å². The first-order valence-electron chi connectivity index (χ1n) is 9.59. The number of carbonyl (C=O) groups is 1. The molecule has 0 unspecified atom stereocenters.